The number of carboxylic acid groups (broad SMARTS) is 1. The summed E-state index contributed by atoms with van der Waals surface area (Å²) in [5, 5.41) is 8.82. The van der Waals surface area contributed by atoms with Gasteiger partial charge in [-0.15, -0.1) is 0 Å². The lowest BCUT2D eigenvalue weighted by atomic mass is 10.1. The van der Waals surface area contributed by atoms with Crippen LogP contribution >= 0.6 is 0 Å². The summed E-state index contributed by atoms with van der Waals surface area (Å²) >= 11 is 0. The molecule has 0 spiro atoms. The van der Waals surface area contributed by atoms with Crippen molar-refractivity contribution in [2.75, 3.05) is 0 Å². The number of hydrogen-bond acceptors (Lipinski definition) is 2. The van der Waals surface area contributed by atoms with Gasteiger partial charge in [-0.1, -0.05) is 53.7 Å². The molecule has 1 aromatic carbocycles. The third kappa shape index (κ3) is 4.10. The van der Waals surface area contributed by atoms with Crippen LogP contribution < -0.4 is 4.43 Å². The summed E-state index contributed by atoms with van der Waals surface area (Å²) in [5.41, 5.74) is 2.38. The van der Waals surface area contributed by atoms with Crippen LogP contribution in [0.1, 0.15) is 47.1 Å². The molecule has 0 radical (unpaired) electrons. The number of carbonyl (C=O) groups is 1. The summed E-state index contributed by atoms with van der Waals surface area (Å²) in [5.74, 6) is 0.0610. The third-order valence-electron chi connectivity index (χ3n) is 4.28. The summed E-state index contributed by atoms with van der Waals surface area (Å²) in [6, 6.07) is 7.52. The quantitative estimate of drug-likeness (QED) is 0.731. The van der Waals surface area contributed by atoms with Crippen molar-refractivity contribution in [2.45, 2.75) is 64.6 Å². The highest BCUT2D eigenvalue weighted by Gasteiger charge is 2.46. The van der Waals surface area contributed by atoms with Crippen LogP contribution in [0.4, 0.5) is 0 Å². The van der Waals surface area contributed by atoms with Crippen LogP contribution in [0.5, 0.6) is 5.75 Å². The van der Waals surface area contributed by atoms with Crippen molar-refractivity contribution in [2.24, 2.45) is 0 Å². The molecule has 4 heteroatoms. The van der Waals surface area contributed by atoms with Crippen molar-refractivity contribution >= 4 is 14.3 Å². The summed E-state index contributed by atoms with van der Waals surface area (Å²) in [6.07, 6.45) is 0.0569. The maximum absolute atomic E-state index is 10.7. The minimum Gasteiger partial charge on any atom is -0.543 e. The Bertz CT molecular complexity index is 442. The summed E-state index contributed by atoms with van der Waals surface area (Å²) in [6.45, 7) is 13.5. The zero-order valence-corrected chi connectivity index (χ0v) is 15.0. The molecule has 0 saturated carbocycles. The van der Waals surface area contributed by atoms with Gasteiger partial charge in [0.15, 0.2) is 0 Å². The fraction of sp³-hybridized carbons (Fsp3) is 0.588. The van der Waals surface area contributed by atoms with E-state index in [1.54, 1.807) is 0 Å². The lowest BCUT2D eigenvalue weighted by molar-refractivity contribution is -0.136. The van der Waals surface area contributed by atoms with Gasteiger partial charge in [0.2, 0.25) is 0 Å². The Hall–Kier alpha value is -1.29. The van der Waals surface area contributed by atoms with Crippen molar-refractivity contribution in [3.8, 4) is 5.75 Å². The molecule has 0 heterocycles. The van der Waals surface area contributed by atoms with Gasteiger partial charge in [0.25, 0.3) is 8.32 Å². The van der Waals surface area contributed by atoms with Gasteiger partial charge in [-0.2, -0.15) is 0 Å². The van der Waals surface area contributed by atoms with Crippen LogP contribution in [0, 0.1) is 0 Å². The smallest absolute Gasteiger partial charge is 0.307 e. The Morgan fingerprint density at radius 1 is 1.00 bits per heavy atom. The highest BCUT2D eigenvalue weighted by molar-refractivity contribution is 6.78. The molecule has 1 rings (SSSR count). The van der Waals surface area contributed by atoms with Crippen molar-refractivity contribution in [3.63, 3.8) is 0 Å². The number of hydrogen-bond donors (Lipinski definition) is 1. The standard InChI is InChI=1S/C17H28O3Si/c1-12(2)21(13(3)4,14(5)6)20-16-9-7-15(8-10-16)11-17(18)19/h7-10,12-14H,11H2,1-6H3,(H,18,19). The van der Waals surface area contributed by atoms with E-state index in [0.29, 0.717) is 16.6 Å². The topological polar surface area (TPSA) is 46.5 Å². The molecule has 0 aliphatic heterocycles. The van der Waals surface area contributed by atoms with Crippen molar-refractivity contribution < 1.29 is 14.3 Å². The van der Waals surface area contributed by atoms with Crippen LogP contribution in [-0.2, 0) is 11.2 Å². The van der Waals surface area contributed by atoms with Gasteiger partial charge in [-0.3, -0.25) is 4.79 Å². The van der Waals surface area contributed by atoms with Crippen molar-refractivity contribution in [1.82, 2.24) is 0 Å². The molecule has 0 unspecified atom stereocenters. The molecule has 0 aromatic heterocycles. The number of rotatable bonds is 7. The molecule has 118 valence electrons. The first-order valence-corrected chi connectivity index (χ1v) is 9.83. The Kier molecular flexibility index (Phi) is 6.02. The average molecular weight is 308 g/mol. The van der Waals surface area contributed by atoms with Crippen molar-refractivity contribution in [3.05, 3.63) is 29.8 Å². The maximum Gasteiger partial charge on any atom is 0.307 e. The molecule has 0 saturated heterocycles. The van der Waals surface area contributed by atoms with E-state index in [4.69, 9.17) is 9.53 Å². The molecular weight excluding hydrogens is 280 g/mol. The lowest BCUT2D eigenvalue weighted by Gasteiger charge is -2.42. The molecule has 0 aliphatic carbocycles. The van der Waals surface area contributed by atoms with E-state index >= 15 is 0 Å². The highest BCUT2D eigenvalue weighted by atomic mass is 28.4. The van der Waals surface area contributed by atoms with E-state index < -0.39 is 14.3 Å². The fourth-order valence-corrected chi connectivity index (χ4v) is 8.66. The van der Waals surface area contributed by atoms with Crippen molar-refractivity contribution in [1.29, 1.82) is 0 Å². The zero-order chi connectivity index (χ0) is 16.2. The van der Waals surface area contributed by atoms with Crippen LogP contribution in [-0.4, -0.2) is 19.4 Å². The number of benzene rings is 1. The monoisotopic (exact) mass is 308 g/mol. The molecule has 1 aromatic rings. The maximum atomic E-state index is 10.7. The second-order valence-electron chi connectivity index (χ2n) is 6.63. The molecular formula is C17H28O3Si. The second-order valence-corrected chi connectivity index (χ2v) is 12.0. The highest BCUT2D eigenvalue weighted by Crippen LogP contribution is 2.42. The van der Waals surface area contributed by atoms with Gasteiger partial charge in [0, 0.05) is 0 Å². The van der Waals surface area contributed by atoms with Gasteiger partial charge < -0.3 is 9.53 Å². The Morgan fingerprint density at radius 2 is 1.43 bits per heavy atom. The van der Waals surface area contributed by atoms with Crippen LogP contribution in [0.15, 0.2) is 24.3 Å². The molecule has 1 N–H and O–H groups in total. The van der Waals surface area contributed by atoms with E-state index in [2.05, 4.69) is 41.5 Å². The average Bonchev–Trinajstić information content (AvgIpc) is 2.35. The molecule has 0 amide bonds. The molecule has 3 nitrogen and oxygen atoms in total. The van der Waals surface area contributed by atoms with Gasteiger partial charge in [-0.05, 0) is 34.3 Å². The molecule has 0 fully saturated rings. The van der Waals surface area contributed by atoms with E-state index in [0.717, 1.165) is 11.3 Å². The first-order valence-electron chi connectivity index (χ1n) is 7.69. The predicted octanol–water partition coefficient (Wildman–Crippen LogP) is 4.87. The van der Waals surface area contributed by atoms with Gasteiger partial charge in [0.05, 0.1) is 6.42 Å². The lowest BCUT2D eigenvalue weighted by Crippen LogP contribution is -2.50. The minimum atomic E-state index is -1.93. The Labute approximate surface area is 129 Å². The molecule has 0 atom stereocenters. The van der Waals surface area contributed by atoms with Gasteiger partial charge in [-0.25, -0.2) is 0 Å². The molecule has 0 aliphatic rings. The first-order chi connectivity index (χ1) is 9.70. The first kappa shape index (κ1) is 17.8. The zero-order valence-electron chi connectivity index (χ0n) is 14.0. The van der Waals surface area contributed by atoms with Crippen LogP contribution in [0.2, 0.25) is 16.6 Å². The normalized spacial score (nSPS) is 12.2. The summed E-state index contributed by atoms with van der Waals surface area (Å²) in [7, 11) is -1.93. The van der Waals surface area contributed by atoms with E-state index in [1.165, 1.54) is 0 Å². The Balaban J connectivity index is 3.01. The fourth-order valence-electron chi connectivity index (χ4n) is 3.41. The number of carboxylic acids is 1. The van der Waals surface area contributed by atoms with Crippen LogP contribution in [0.25, 0.3) is 0 Å². The summed E-state index contributed by atoms with van der Waals surface area (Å²) in [4.78, 5) is 10.7. The third-order valence-corrected chi connectivity index (χ3v) is 10.3. The van der Waals surface area contributed by atoms with E-state index in [9.17, 15) is 4.79 Å². The minimum absolute atomic E-state index is 0.0569. The van der Waals surface area contributed by atoms with E-state index in [1.807, 2.05) is 24.3 Å². The summed E-state index contributed by atoms with van der Waals surface area (Å²) < 4.78 is 6.54. The Morgan fingerprint density at radius 3 is 1.76 bits per heavy atom. The SMILES string of the molecule is CC(C)[Si](Oc1ccc(CC(=O)O)cc1)(C(C)C)C(C)C. The van der Waals surface area contributed by atoms with Crippen LogP contribution in [0.3, 0.4) is 0 Å². The predicted molar refractivity (Wildman–Crippen MR) is 89.5 cm³/mol. The number of aliphatic carboxylic acids is 1. The molecule has 21 heavy (non-hydrogen) atoms. The van der Waals surface area contributed by atoms with Gasteiger partial charge in [0.1, 0.15) is 5.75 Å². The largest absolute Gasteiger partial charge is 0.543 e. The molecule has 0 bridgehead atoms. The van der Waals surface area contributed by atoms with E-state index in [-0.39, 0.29) is 6.42 Å². The van der Waals surface area contributed by atoms with Gasteiger partial charge >= 0.3 is 5.97 Å². The second kappa shape index (κ2) is 7.12.